The van der Waals surface area contributed by atoms with E-state index in [1.54, 1.807) is 37.3 Å². The van der Waals surface area contributed by atoms with Gasteiger partial charge in [0.2, 0.25) is 5.95 Å². The van der Waals surface area contributed by atoms with Gasteiger partial charge in [0.05, 0.1) is 18.7 Å². The van der Waals surface area contributed by atoms with E-state index in [2.05, 4.69) is 26.7 Å². The summed E-state index contributed by atoms with van der Waals surface area (Å²) in [6, 6.07) is 16.6. The molecule has 1 aromatic heterocycles. The molecule has 2 aromatic carbocycles. The molecule has 1 heterocycles. The van der Waals surface area contributed by atoms with Gasteiger partial charge in [0.15, 0.2) is 17.7 Å². The van der Waals surface area contributed by atoms with Crippen LogP contribution in [0.5, 0.6) is 5.75 Å². The van der Waals surface area contributed by atoms with Crippen molar-refractivity contribution < 1.29 is 9.13 Å². The van der Waals surface area contributed by atoms with Crippen LogP contribution in [0.4, 0.5) is 27.5 Å². The smallest absolute Gasteiger partial charge is 0.229 e. The Kier molecular flexibility index (Phi) is 6.41. The van der Waals surface area contributed by atoms with E-state index in [9.17, 15) is 4.39 Å². The maximum Gasteiger partial charge on any atom is 0.229 e. The normalized spacial score (nSPS) is 11.1. The van der Waals surface area contributed by atoms with Gasteiger partial charge in [-0.05, 0) is 55.3 Å². The molecule has 1 unspecified atom stereocenters. The van der Waals surface area contributed by atoms with E-state index in [0.29, 0.717) is 17.9 Å². The lowest BCUT2D eigenvalue weighted by atomic mass is 10.1. The molecule has 0 aliphatic heterocycles. The third kappa shape index (κ3) is 5.21. The van der Waals surface area contributed by atoms with E-state index in [0.717, 1.165) is 23.0 Å². The van der Waals surface area contributed by atoms with Crippen molar-refractivity contribution in [3.8, 4) is 17.9 Å². The van der Waals surface area contributed by atoms with Gasteiger partial charge in [-0.2, -0.15) is 15.5 Å². The van der Waals surface area contributed by atoms with Crippen LogP contribution in [-0.2, 0) is 6.42 Å². The molecule has 3 rings (SSSR count). The molecule has 3 aromatic rings. The van der Waals surface area contributed by atoms with E-state index in [1.165, 1.54) is 0 Å². The number of benzene rings is 2. The molecule has 7 nitrogen and oxygen atoms in total. The van der Waals surface area contributed by atoms with Gasteiger partial charge in [0.25, 0.3) is 0 Å². The highest BCUT2D eigenvalue weighted by Gasteiger charge is 2.10. The Morgan fingerprint density at radius 1 is 1.10 bits per heavy atom. The Bertz CT molecular complexity index is 1120. The zero-order valence-electron chi connectivity index (χ0n) is 16.5. The number of nitriles is 2. The predicted octanol–water partition coefficient (Wildman–Crippen LogP) is 4.77. The van der Waals surface area contributed by atoms with Crippen molar-refractivity contribution in [3.63, 3.8) is 0 Å². The minimum atomic E-state index is -0.596. The summed E-state index contributed by atoms with van der Waals surface area (Å²) in [5.41, 5.74) is 3.04. The van der Waals surface area contributed by atoms with Gasteiger partial charge in [-0.25, -0.2) is 9.37 Å². The first-order valence-corrected chi connectivity index (χ1v) is 9.18. The number of aryl methyl sites for hydroxylation is 1. The molecule has 0 amide bonds. The quantitative estimate of drug-likeness (QED) is 0.586. The van der Waals surface area contributed by atoms with Crippen LogP contribution < -0.4 is 15.4 Å². The van der Waals surface area contributed by atoms with Crippen molar-refractivity contribution >= 4 is 23.1 Å². The van der Waals surface area contributed by atoms with E-state index in [-0.39, 0.29) is 11.8 Å². The lowest BCUT2D eigenvalue weighted by Crippen LogP contribution is -2.09. The van der Waals surface area contributed by atoms with Gasteiger partial charge in [-0.15, -0.1) is 0 Å². The molecule has 8 heteroatoms. The van der Waals surface area contributed by atoms with Gasteiger partial charge < -0.3 is 15.4 Å². The minimum absolute atomic E-state index is 0.0204. The molecule has 1 atom stereocenters. The molecular formula is C22H19FN6O. The molecule has 30 heavy (non-hydrogen) atoms. The summed E-state index contributed by atoms with van der Waals surface area (Å²) in [4.78, 5) is 8.17. The van der Waals surface area contributed by atoms with Crippen LogP contribution in [0.15, 0.2) is 48.7 Å². The Morgan fingerprint density at radius 3 is 2.50 bits per heavy atom. The number of nitrogens with zero attached hydrogens (tertiary/aromatic N) is 4. The summed E-state index contributed by atoms with van der Waals surface area (Å²) in [5, 5.41) is 23.6. The van der Waals surface area contributed by atoms with E-state index < -0.39 is 11.9 Å². The lowest BCUT2D eigenvalue weighted by Gasteiger charge is -2.13. The Morgan fingerprint density at radius 2 is 1.83 bits per heavy atom. The monoisotopic (exact) mass is 402 g/mol. The molecule has 0 saturated heterocycles. The van der Waals surface area contributed by atoms with Crippen molar-refractivity contribution in [2.75, 3.05) is 10.6 Å². The third-order valence-corrected chi connectivity index (χ3v) is 4.16. The second kappa shape index (κ2) is 9.35. The van der Waals surface area contributed by atoms with Gasteiger partial charge in [0.1, 0.15) is 11.8 Å². The van der Waals surface area contributed by atoms with E-state index in [1.807, 2.05) is 25.1 Å². The van der Waals surface area contributed by atoms with Crippen molar-refractivity contribution in [1.29, 1.82) is 10.5 Å². The zero-order valence-corrected chi connectivity index (χ0v) is 16.5. The second-order valence-electron chi connectivity index (χ2n) is 6.54. The average Bonchev–Trinajstić information content (AvgIpc) is 2.74. The first kappa shape index (κ1) is 20.6. The maximum atomic E-state index is 14.2. The number of hydrogen-bond donors (Lipinski definition) is 2. The molecule has 0 spiro atoms. The highest BCUT2D eigenvalue weighted by atomic mass is 19.1. The summed E-state index contributed by atoms with van der Waals surface area (Å²) < 4.78 is 19.7. The fourth-order valence-electron chi connectivity index (χ4n) is 2.65. The Labute approximate surface area is 173 Å². The van der Waals surface area contributed by atoms with Crippen molar-refractivity contribution in [2.45, 2.75) is 26.4 Å². The van der Waals surface area contributed by atoms with Gasteiger partial charge >= 0.3 is 0 Å². The number of halogens is 1. The fourth-order valence-corrected chi connectivity index (χ4v) is 2.65. The topological polar surface area (TPSA) is 107 Å². The third-order valence-electron chi connectivity index (χ3n) is 4.16. The molecule has 2 N–H and O–H groups in total. The molecule has 0 radical (unpaired) electrons. The number of hydrogen-bond acceptors (Lipinski definition) is 7. The SMILES string of the molecule is Cc1cc(Nc2nc(Nc3ccc(CC#N)cc3)ncc2F)ccc1OC(C)C#N. The first-order valence-electron chi connectivity index (χ1n) is 9.18. The van der Waals surface area contributed by atoms with Crippen LogP contribution >= 0.6 is 0 Å². The van der Waals surface area contributed by atoms with Crippen molar-refractivity contribution in [2.24, 2.45) is 0 Å². The van der Waals surface area contributed by atoms with Gasteiger partial charge in [0, 0.05) is 11.4 Å². The Balaban J connectivity index is 1.75. The lowest BCUT2D eigenvalue weighted by molar-refractivity contribution is 0.274. The largest absolute Gasteiger partial charge is 0.476 e. The first-order chi connectivity index (χ1) is 14.5. The standard InChI is InChI=1S/C22H19FN6O/c1-14-11-18(7-8-20(14)30-15(2)12-25)27-21-19(23)13-26-22(29-21)28-17-5-3-16(4-6-17)9-10-24/h3-8,11,13,15H,9H2,1-2H3,(H2,26,27,28,29). The summed E-state index contributed by atoms with van der Waals surface area (Å²) >= 11 is 0. The van der Waals surface area contributed by atoms with Crippen LogP contribution in [0.25, 0.3) is 0 Å². The number of anilines is 4. The number of ether oxygens (including phenoxy) is 1. The molecule has 0 fully saturated rings. The molecule has 0 bridgehead atoms. The second-order valence-corrected chi connectivity index (χ2v) is 6.54. The maximum absolute atomic E-state index is 14.2. The summed E-state index contributed by atoms with van der Waals surface area (Å²) in [7, 11) is 0. The van der Waals surface area contributed by atoms with Crippen LogP contribution in [0.1, 0.15) is 18.1 Å². The number of aromatic nitrogens is 2. The summed E-state index contributed by atoms with van der Waals surface area (Å²) in [6.07, 6.45) is 0.852. The molecule has 150 valence electrons. The average molecular weight is 402 g/mol. The van der Waals surface area contributed by atoms with Crippen molar-refractivity contribution in [1.82, 2.24) is 9.97 Å². The number of nitrogens with one attached hydrogen (secondary N) is 2. The predicted molar refractivity (Wildman–Crippen MR) is 111 cm³/mol. The summed E-state index contributed by atoms with van der Waals surface area (Å²) in [5.74, 6) is 0.236. The molecule has 0 saturated carbocycles. The van der Waals surface area contributed by atoms with E-state index in [4.69, 9.17) is 15.3 Å². The van der Waals surface area contributed by atoms with Crippen molar-refractivity contribution in [3.05, 3.63) is 65.6 Å². The highest BCUT2D eigenvalue weighted by Crippen LogP contribution is 2.26. The van der Waals surface area contributed by atoms with Gasteiger partial charge in [-0.1, -0.05) is 12.1 Å². The van der Waals surface area contributed by atoms with Gasteiger partial charge in [-0.3, -0.25) is 0 Å². The van der Waals surface area contributed by atoms with Crippen LogP contribution in [-0.4, -0.2) is 16.1 Å². The molecular weight excluding hydrogens is 383 g/mol. The molecule has 0 aliphatic carbocycles. The van der Waals surface area contributed by atoms with Crippen LogP contribution in [0.2, 0.25) is 0 Å². The minimum Gasteiger partial charge on any atom is -0.476 e. The summed E-state index contributed by atoms with van der Waals surface area (Å²) in [6.45, 7) is 3.50. The zero-order chi connectivity index (χ0) is 21.5. The highest BCUT2D eigenvalue weighted by molar-refractivity contribution is 5.62. The Hall–Kier alpha value is -4.17. The fraction of sp³-hybridized carbons (Fsp3) is 0.182. The molecule has 0 aliphatic rings. The van der Waals surface area contributed by atoms with Crippen LogP contribution in [0.3, 0.4) is 0 Å². The van der Waals surface area contributed by atoms with Crippen LogP contribution in [0, 0.1) is 35.4 Å². The van der Waals surface area contributed by atoms with E-state index >= 15 is 0 Å². The number of rotatable bonds is 7.